The first-order chi connectivity index (χ1) is 15.9. The maximum absolute atomic E-state index is 14.4. The van der Waals surface area contributed by atoms with Gasteiger partial charge in [-0.05, 0) is 31.9 Å². The second-order valence-electron chi connectivity index (χ2n) is 8.78. The number of rotatable bonds is 6. The van der Waals surface area contributed by atoms with E-state index in [1.165, 1.54) is 12.4 Å². The Bertz CT molecular complexity index is 1130. The third kappa shape index (κ3) is 4.51. The van der Waals surface area contributed by atoms with Gasteiger partial charge in [-0.2, -0.15) is 0 Å². The first-order valence-corrected chi connectivity index (χ1v) is 11.0. The van der Waals surface area contributed by atoms with Crippen LogP contribution in [0.25, 0.3) is 0 Å². The zero-order valence-corrected chi connectivity index (χ0v) is 18.5. The van der Waals surface area contributed by atoms with Crippen molar-refractivity contribution < 1.29 is 9.13 Å². The van der Waals surface area contributed by atoms with E-state index in [-0.39, 0.29) is 17.0 Å². The number of halogens is 1. The van der Waals surface area contributed by atoms with E-state index in [9.17, 15) is 4.39 Å². The molecule has 2 aliphatic rings. The molecule has 0 bridgehead atoms. The molecule has 5 rings (SSSR count). The highest BCUT2D eigenvalue weighted by atomic mass is 19.1. The molecule has 1 aliphatic heterocycles. The Morgan fingerprint density at radius 1 is 1.00 bits per heavy atom. The van der Waals surface area contributed by atoms with Gasteiger partial charge in [0.25, 0.3) is 0 Å². The number of piperazine rings is 1. The van der Waals surface area contributed by atoms with Crippen molar-refractivity contribution in [3.8, 4) is 5.75 Å². The van der Waals surface area contributed by atoms with Gasteiger partial charge in [0.1, 0.15) is 29.9 Å². The highest BCUT2D eigenvalue weighted by Crippen LogP contribution is 2.41. The predicted molar refractivity (Wildman–Crippen MR) is 124 cm³/mol. The van der Waals surface area contributed by atoms with Gasteiger partial charge in [0.05, 0.1) is 11.7 Å². The third-order valence-electron chi connectivity index (χ3n) is 6.27. The fraction of sp³-hybridized carbons (Fsp3) is 0.391. The molecule has 1 aliphatic carbocycles. The highest BCUT2D eigenvalue weighted by molar-refractivity contribution is 5.55. The van der Waals surface area contributed by atoms with Crippen LogP contribution in [0.4, 0.5) is 21.7 Å². The fourth-order valence-electron chi connectivity index (χ4n) is 3.97. The van der Waals surface area contributed by atoms with Gasteiger partial charge < -0.3 is 26.0 Å². The summed E-state index contributed by atoms with van der Waals surface area (Å²) in [7, 11) is 0. The Morgan fingerprint density at radius 2 is 1.70 bits per heavy atom. The second kappa shape index (κ2) is 8.43. The number of ether oxygens (including phenoxy) is 1. The van der Waals surface area contributed by atoms with E-state index in [0.717, 1.165) is 50.7 Å². The molecule has 1 saturated heterocycles. The van der Waals surface area contributed by atoms with Crippen LogP contribution in [0.15, 0.2) is 43.1 Å². The van der Waals surface area contributed by atoms with E-state index in [4.69, 9.17) is 16.2 Å². The predicted octanol–water partition coefficient (Wildman–Crippen LogP) is 2.29. The van der Waals surface area contributed by atoms with Gasteiger partial charge in [-0.1, -0.05) is 0 Å². The van der Waals surface area contributed by atoms with Crippen LogP contribution in [0.1, 0.15) is 37.1 Å². The van der Waals surface area contributed by atoms with Crippen LogP contribution in [0, 0.1) is 5.82 Å². The number of hydrogen-bond acceptors (Lipinski definition) is 9. The van der Waals surface area contributed by atoms with Crippen molar-refractivity contribution >= 4 is 17.3 Å². The lowest BCUT2D eigenvalue weighted by Crippen LogP contribution is -2.47. The average Bonchev–Trinajstić information content (AvgIpc) is 3.58. The number of nitrogens with two attached hydrogens (primary N) is 2. The molecular formula is C23H27FN8O. The van der Waals surface area contributed by atoms with E-state index in [1.807, 2.05) is 19.1 Å². The molecule has 0 amide bonds. The molecule has 2 aromatic heterocycles. The monoisotopic (exact) mass is 450 g/mol. The molecule has 1 atom stereocenters. The van der Waals surface area contributed by atoms with Crippen molar-refractivity contribution in [3.63, 3.8) is 0 Å². The minimum absolute atomic E-state index is 0.171. The minimum atomic E-state index is -0.635. The number of nitrogen functional groups attached to an aromatic ring is 1. The topological polar surface area (TPSA) is 119 Å². The molecule has 33 heavy (non-hydrogen) atoms. The molecule has 9 nitrogen and oxygen atoms in total. The maximum Gasteiger partial charge on any atom is 0.167 e. The van der Waals surface area contributed by atoms with Gasteiger partial charge in [-0.15, -0.1) is 0 Å². The molecule has 10 heteroatoms. The lowest BCUT2D eigenvalue weighted by atomic mass is 10.0. The molecule has 1 aromatic carbocycles. The normalized spacial score (nSPS) is 18.2. The molecule has 2 fully saturated rings. The molecule has 3 heterocycles. The standard InChI is InChI=1S/C23H27FN8O/c1-23(3-4-23)33-19-10-15(17(25)11-16(19)24)22(26)18-12-21(30-14-28-18)32-8-6-31(7-9-32)20-2-5-27-13-29-20/h2,5,10-14,22H,3-4,6-9,25-26H2,1H3. The summed E-state index contributed by atoms with van der Waals surface area (Å²) in [5.74, 6) is 1.40. The Kier molecular flexibility index (Phi) is 5.45. The van der Waals surface area contributed by atoms with E-state index < -0.39 is 11.9 Å². The largest absolute Gasteiger partial charge is 0.484 e. The number of benzene rings is 1. The molecular weight excluding hydrogens is 423 g/mol. The van der Waals surface area contributed by atoms with Gasteiger partial charge in [0.2, 0.25) is 0 Å². The summed E-state index contributed by atoms with van der Waals surface area (Å²) in [4.78, 5) is 21.5. The van der Waals surface area contributed by atoms with E-state index in [0.29, 0.717) is 11.3 Å². The number of hydrogen-bond donors (Lipinski definition) is 2. The Labute approximate surface area is 191 Å². The van der Waals surface area contributed by atoms with E-state index in [1.54, 1.807) is 18.6 Å². The fourth-order valence-corrected chi connectivity index (χ4v) is 3.97. The third-order valence-corrected chi connectivity index (χ3v) is 6.27. The van der Waals surface area contributed by atoms with Crippen LogP contribution in [-0.4, -0.2) is 51.7 Å². The summed E-state index contributed by atoms with van der Waals surface area (Å²) in [6.07, 6.45) is 6.61. The number of anilines is 3. The van der Waals surface area contributed by atoms with Crippen LogP contribution >= 0.6 is 0 Å². The van der Waals surface area contributed by atoms with Gasteiger partial charge >= 0.3 is 0 Å². The summed E-state index contributed by atoms with van der Waals surface area (Å²) >= 11 is 0. The van der Waals surface area contributed by atoms with Crippen molar-refractivity contribution in [2.24, 2.45) is 5.73 Å². The van der Waals surface area contributed by atoms with Gasteiger partial charge in [0, 0.05) is 55.8 Å². The zero-order chi connectivity index (χ0) is 23.0. The van der Waals surface area contributed by atoms with Crippen molar-refractivity contribution in [3.05, 3.63) is 60.2 Å². The van der Waals surface area contributed by atoms with Gasteiger partial charge in [-0.3, -0.25) is 0 Å². The van der Waals surface area contributed by atoms with E-state index in [2.05, 4.69) is 29.7 Å². The van der Waals surface area contributed by atoms with Crippen LogP contribution in [0.5, 0.6) is 5.75 Å². The number of aromatic nitrogens is 4. The zero-order valence-electron chi connectivity index (χ0n) is 18.5. The lowest BCUT2D eigenvalue weighted by molar-refractivity contribution is 0.191. The Hall–Kier alpha value is -3.53. The molecule has 0 radical (unpaired) electrons. The first-order valence-electron chi connectivity index (χ1n) is 11.0. The summed E-state index contributed by atoms with van der Waals surface area (Å²) in [6, 6.07) is 6.01. The quantitative estimate of drug-likeness (QED) is 0.545. The Morgan fingerprint density at radius 3 is 2.36 bits per heavy atom. The van der Waals surface area contributed by atoms with Crippen molar-refractivity contribution in [2.45, 2.75) is 31.4 Å². The SMILES string of the molecule is CC1(Oc2cc(C(N)c3cc(N4CCN(c5ccncn5)CC4)ncn3)c(N)cc2F)CC1. The molecule has 172 valence electrons. The van der Waals surface area contributed by atoms with Crippen LogP contribution in [-0.2, 0) is 0 Å². The summed E-state index contributed by atoms with van der Waals surface area (Å²) in [6.45, 7) is 5.15. The summed E-state index contributed by atoms with van der Waals surface area (Å²) in [5.41, 5.74) is 13.8. The molecule has 0 spiro atoms. The molecule has 1 saturated carbocycles. The first kappa shape index (κ1) is 21.3. The Balaban J connectivity index is 1.33. The van der Waals surface area contributed by atoms with Crippen LogP contribution in [0.3, 0.4) is 0 Å². The average molecular weight is 451 g/mol. The lowest BCUT2D eigenvalue weighted by Gasteiger charge is -2.36. The molecule has 3 aromatic rings. The highest BCUT2D eigenvalue weighted by Gasteiger charge is 2.40. The van der Waals surface area contributed by atoms with Crippen LogP contribution < -0.4 is 26.0 Å². The molecule has 4 N–H and O–H groups in total. The number of nitrogens with zero attached hydrogens (tertiary/aromatic N) is 6. The maximum atomic E-state index is 14.4. The van der Waals surface area contributed by atoms with Crippen molar-refractivity contribution in [1.29, 1.82) is 0 Å². The summed E-state index contributed by atoms with van der Waals surface area (Å²) in [5, 5.41) is 0. The smallest absolute Gasteiger partial charge is 0.167 e. The van der Waals surface area contributed by atoms with Gasteiger partial charge in [0.15, 0.2) is 11.6 Å². The van der Waals surface area contributed by atoms with Crippen molar-refractivity contribution in [2.75, 3.05) is 41.7 Å². The minimum Gasteiger partial charge on any atom is -0.484 e. The second-order valence-corrected chi connectivity index (χ2v) is 8.78. The van der Waals surface area contributed by atoms with Gasteiger partial charge in [-0.25, -0.2) is 24.3 Å². The van der Waals surface area contributed by atoms with E-state index >= 15 is 0 Å². The summed E-state index contributed by atoms with van der Waals surface area (Å²) < 4.78 is 20.3. The molecule has 1 unspecified atom stereocenters. The van der Waals surface area contributed by atoms with Crippen LogP contribution in [0.2, 0.25) is 0 Å². The van der Waals surface area contributed by atoms with Crippen molar-refractivity contribution in [1.82, 2.24) is 19.9 Å².